The van der Waals surface area contributed by atoms with Gasteiger partial charge in [0.15, 0.2) is 16.6 Å². The Morgan fingerprint density at radius 2 is 1.92 bits per heavy atom. The van der Waals surface area contributed by atoms with Gasteiger partial charge < -0.3 is 19.7 Å². The number of nitrogens with one attached hydrogen (secondary N) is 1. The molecule has 0 aliphatic carbocycles. The molecule has 0 saturated carbocycles. The van der Waals surface area contributed by atoms with Crippen molar-refractivity contribution < 1.29 is 9.47 Å². The van der Waals surface area contributed by atoms with Gasteiger partial charge in [-0.1, -0.05) is 24.3 Å². The van der Waals surface area contributed by atoms with Crippen LogP contribution >= 0.6 is 12.2 Å². The van der Waals surface area contributed by atoms with Crippen molar-refractivity contribution in [2.24, 2.45) is 0 Å². The van der Waals surface area contributed by atoms with Gasteiger partial charge in [-0.2, -0.15) is 0 Å². The molecule has 0 atom stereocenters. The second-order valence-electron chi connectivity index (χ2n) is 5.70. The number of thiocarbonyl (C=S) groups is 1. The van der Waals surface area contributed by atoms with Crippen molar-refractivity contribution >= 4 is 23.0 Å². The fourth-order valence-electron chi connectivity index (χ4n) is 2.99. The number of nitrogens with zero attached hydrogens (tertiary/aromatic N) is 1. The standard InChI is InChI=1S/C19H22N2O2S/c1-22-17-8-7-14(13-18(17)23-2)9-11-20-19(24)21-12-10-15-5-3-4-6-16(15)21/h3-8,13H,9-12H2,1-2H3,(H,20,24). The lowest BCUT2D eigenvalue weighted by atomic mass is 10.1. The van der Waals surface area contributed by atoms with E-state index in [1.807, 2.05) is 12.1 Å². The predicted octanol–water partition coefficient (Wildman–Crippen LogP) is 3.18. The van der Waals surface area contributed by atoms with E-state index in [1.54, 1.807) is 14.2 Å². The molecular formula is C19H22N2O2S. The third kappa shape index (κ3) is 3.46. The van der Waals surface area contributed by atoms with Gasteiger partial charge >= 0.3 is 0 Å². The molecule has 3 rings (SSSR count). The maximum Gasteiger partial charge on any atom is 0.173 e. The number of ether oxygens (including phenoxy) is 2. The number of fused-ring (bicyclic) bond motifs is 1. The maximum absolute atomic E-state index is 5.56. The van der Waals surface area contributed by atoms with Crippen LogP contribution in [0.5, 0.6) is 11.5 Å². The molecule has 0 saturated heterocycles. The zero-order chi connectivity index (χ0) is 16.9. The SMILES string of the molecule is COc1ccc(CCNC(=S)N2CCc3ccccc32)cc1OC. The molecule has 0 radical (unpaired) electrons. The van der Waals surface area contributed by atoms with Crippen LogP contribution in [0.1, 0.15) is 11.1 Å². The van der Waals surface area contributed by atoms with Crippen LogP contribution in [0.2, 0.25) is 0 Å². The molecule has 24 heavy (non-hydrogen) atoms. The fourth-order valence-corrected chi connectivity index (χ4v) is 3.29. The van der Waals surface area contributed by atoms with Crippen molar-refractivity contribution in [3.63, 3.8) is 0 Å². The third-order valence-electron chi connectivity index (χ3n) is 4.27. The predicted molar refractivity (Wildman–Crippen MR) is 101 cm³/mol. The molecule has 0 aromatic heterocycles. The van der Waals surface area contributed by atoms with E-state index in [0.717, 1.165) is 42.5 Å². The van der Waals surface area contributed by atoms with Crippen molar-refractivity contribution in [1.29, 1.82) is 0 Å². The minimum Gasteiger partial charge on any atom is -0.493 e. The Bertz CT molecular complexity index is 733. The van der Waals surface area contributed by atoms with Crippen LogP contribution in [0.25, 0.3) is 0 Å². The van der Waals surface area contributed by atoms with E-state index < -0.39 is 0 Å². The first-order valence-electron chi connectivity index (χ1n) is 8.07. The lowest BCUT2D eigenvalue weighted by molar-refractivity contribution is 0.354. The van der Waals surface area contributed by atoms with Crippen LogP contribution in [-0.4, -0.2) is 32.4 Å². The Morgan fingerprint density at radius 1 is 1.12 bits per heavy atom. The molecule has 1 heterocycles. The Kier molecular flexibility index (Phi) is 5.20. The number of anilines is 1. The van der Waals surface area contributed by atoms with E-state index >= 15 is 0 Å². The monoisotopic (exact) mass is 342 g/mol. The Labute approximate surface area is 148 Å². The number of hydrogen-bond donors (Lipinski definition) is 1. The normalized spacial score (nSPS) is 12.7. The summed E-state index contributed by atoms with van der Waals surface area (Å²) in [6, 6.07) is 14.4. The van der Waals surface area contributed by atoms with Gasteiger partial charge in [0, 0.05) is 18.8 Å². The van der Waals surface area contributed by atoms with Gasteiger partial charge in [0.25, 0.3) is 0 Å². The lowest BCUT2D eigenvalue weighted by Gasteiger charge is -2.21. The molecule has 1 aliphatic heterocycles. The summed E-state index contributed by atoms with van der Waals surface area (Å²) in [5, 5.41) is 4.16. The first-order valence-corrected chi connectivity index (χ1v) is 8.48. The minimum atomic E-state index is 0.749. The van der Waals surface area contributed by atoms with Crippen molar-refractivity contribution in [3.05, 3.63) is 53.6 Å². The quantitative estimate of drug-likeness (QED) is 0.844. The smallest absolute Gasteiger partial charge is 0.173 e. The molecule has 0 spiro atoms. The molecule has 126 valence electrons. The van der Waals surface area contributed by atoms with Crippen molar-refractivity contribution in [2.75, 3.05) is 32.2 Å². The Hall–Kier alpha value is -2.27. The second-order valence-corrected chi connectivity index (χ2v) is 6.09. The summed E-state index contributed by atoms with van der Waals surface area (Å²) in [4.78, 5) is 2.18. The summed E-state index contributed by atoms with van der Waals surface area (Å²) in [6.45, 7) is 1.73. The van der Waals surface area contributed by atoms with Crippen LogP contribution in [-0.2, 0) is 12.8 Å². The van der Waals surface area contributed by atoms with Gasteiger partial charge in [-0.15, -0.1) is 0 Å². The highest BCUT2D eigenvalue weighted by molar-refractivity contribution is 7.80. The first-order chi connectivity index (χ1) is 11.7. The van der Waals surface area contributed by atoms with Gasteiger partial charge in [-0.05, 0) is 54.4 Å². The average Bonchev–Trinajstić information content (AvgIpc) is 3.05. The summed E-state index contributed by atoms with van der Waals surface area (Å²) >= 11 is 5.56. The van der Waals surface area contributed by atoms with Gasteiger partial charge in [-0.25, -0.2) is 0 Å². The number of rotatable bonds is 5. The Balaban J connectivity index is 1.56. The lowest BCUT2D eigenvalue weighted by Crippen LogP contribution is -2.39. The Morgan fingerprint density at radius 3 is 2.71 bits per heavy atom. The maximum atomic E-state index is 5.56. The summed E-state index contributed by atoms with van der Waals surface area (Å²) in [7, 11) is 3.30. The van der Waals surface area contributed by atoms with Gasteiger partial charge in [0.2, 0.25) is 0 Å². The third-order valence-corrected chi connectivity index (χ3v) is 4.63. The summed E-state index contributed by atoms with van der Waals surface area (Å²) in [6.07, 6.45) is 1.92. The highest BCUT2D eigenvalue weighted by Gasteiger charge is 2.21. The zero-order valence-electron chi connectivity index (χ0n) is 14.0. The molecule has 0 fully saturated rings. The minimum absolute atomic E-state index is 0.749. The number of hydrogen-bond acceptors (Lipinski definition) is 3. The van der Waals surface area contributed by atoms with E-state index in [2.05, 4.69) is 40.5 Å². The zero-order valence-corrected chi connectivity index (χ0v) is 14.9. The number of para-hydroxylation sites is 1. The highest BCUT2D eigenvalue weighted by Crippen LogP contribution is 2.28. The van der Waals surface area contributed by atoms with Crippen LogP contribution < -0.4 is 19.7 Å². The van der Waals surface area contributed by atoms with Crippen molar-refractivity contribution in [1.82, 2.24) is 5.32 Å². The van der Waals surface area contributed by atoms with Gasteiger partial charge in [-0.3, -0.25) is 0 Å². The molecule has 4 nitrogen and oxygen atoms in total. The fraction of sp³-hybridized carbons (Fsp3) is 0.316. The molecule has 2 aromatic rings. The topological polar surface area (TPSA) is 33.7 Å². The molecule has 2 aromatic carbocycles. The van der Waals surface area contributed by atoms with Crippen molar-refractivity contribution in [3.8, 4) is 11.5 Å². The molecule has 1 N–H and O–H groups in total. The van der Waals surface area contributed by atoms with Crippen LogP contribution in [0, 0.1) is 0 Å². The molecule has 5 heteroatoms. The molecule has 1 aliphatic rings. The second kappa shape index (κ2) is 7.53. The summed E-state index contributed by atoms with van der Waals surface area (Å²) in [5.74, 6) is 1.50. The molecule has 0 unspecified atom stereocenters. The van der Waals surface area contributed by atoms with Crippen LogP contribution in [0.15, 0.2) is 42.5 Å². The van der Waals surface area contributed by atoms with Gasteiger partial charge in [0.05, 0.1) is 14.2 Å². The molecule has 0 bridgehead atoms. The summed E-state index contributed by atoms with van der Waals surface area (Å²) in [5.41, 5.74) is 3.77. The summed E-state index contributed by atoms with van der Waals surface area (Å²) < 4.78 is 10.6. The van der Waals surface area contributed by atoms with E-state index in [1.165, 1.54) is 16.8 Å². The van der Waals surface area contributed by atoms with Crippen molar-refractivity contribution in [2.45, 2.75) is 12.8 Å². The first kappa shape index (κ1) is 16.6. The molecular weight excluding hydrogens is 320 g/mol. The largest absolute Gasteiger partial charge is 0.493 e. The van der Waals surface area contributed by atoms with Crippen LogP contribution in [0.3, 0.4) is 0 Å². The number of benzene rings is 2. The molecule has 0 amide bonds. The average molecular weight is 342 g/mol. The van der Waals surface area contributed by atoms with E-state index in [-0.39, 0.29) is 0 Å². The van der Waals surface area contributed by atoms with Crippen LogP contribution in [0.4, 0.5) is 5.69 Å². The number of methoxy groups -OCH3 is 2. The van der Waals surface area contributed by atoms with E-state index in [0.29, 0.717) is 0 Å². The highest BCUT2D eigenvalue weighted by atomic mass is 32.1. The van der Waals surface area contributed by atoms with E-state index in [4.69, 9.17) is 21.7 Å². The van der Waals surface area contributed by atoms with Gasteiger partial charge in [0.1, 0.15) is 0 Å². The van der Waals surface area contributed by atoms with E-state index in [9.17, 15) is 0 Å².